The fourth-order valence-electron chi connectivity index (χ4n) is 3.90. The van der Waals surface area contributed by atoms with Gasteiger partial charge in [0, 0.05) is 43.1 Å². The zero-order chi connectivity index (χ0) is 18.8. The van der Waals surface area contributed by atoms with Crippen LogP contribution in [0.25, 0.3) is 0 Å². The Morgan fingerprint density at radius 2 is 1.69 bits per heavy atom. The Kier molecular flexibility index (Phi) is 5.28. The average molecular weight is 353 g/mol. The number of ketones is 2. The van der Waals surface area contributed by atoms with E-state index in [-0.39, 0.29) is 11.6 Å². The van der Waals surface area contributed by atoms with Crippen molar-refractivity contribution in [3.8, 4) is 0 Å². The number of nitrogens with zero attached hydrogens (tertiary/aromatic N) is 2. The van der Waals surface area contributed by atoms with Gasteiger partial charge in [0.25, 0.3) is 0 Å². The van der Waals surface area contributed by atoms with Gasteiger partial charge in [-0.2, -0.15) is 0 Å². The molecule has 2 aromatic rings. The SMILES string of the molecule is CC(=O)c1c(C)[nH]c(C(=O)CN2CCN(c3ccccc3C)CC2)c1C. The number of para-hydroxylation sites is 1. The van der Waals surface area contributed by atoms with Crippen molar-refractivity contribution in [2.75, 3.05) is 37.6 Å². The van der Waals surface area contributed by atoms with E-state index in [1.165, 1.54) is 11.3 Å². The van der Waals surface area contributed by atoms with Crippen molar-refractivity contribution in [2.24, 2.45) is 0 Å². The summed E-state index contributed by atoms with van der Waals surface area (Å²) in [5, 5.41) is 0. The fraction of sp³-hybridized carbons (Fsp3) is 0.429. The van der Waals surface area contributed by atoms with Crippen LogP contribution >= 0.6 is 0 Å². The molecule has 0 aliphatic carbocycles. The molecule has 0 amide bonds. The fourth-order valence-corrected chi connectivity index (χ4v) is 3.90. The molecular weight excluding hydrogens is 326 g/mol. The maximum Gasteiger partial charge on any atom is 0.193 e. The highest BCUT2D eigenvalue weighted by Crippen LogP contribution is 2.22. The number of piperazine rings is 1. The first-order valence-electron chi connectivity index (χ1n) is 9.14. The first-order valence-corrected chi connectivity index (χ1v) is 9.14. The molecule has 3 rings (SSSR count). The number of anilines is 1. The maximum absolute atomic E-state index is 12.7. The molecule has 0 atom stereocenters. The maximum atomic E-state index is 12.7. The predicted molar refractivity (Wildman–Crippen MR) is 104 cm³/mol. The van der Waals surface area contributed by atoms with E-state index in [1.54, 1.807) is 6.92 Å². The zero-order valence-corrected chi connectivity index (χ0v) is 16.1. The molecule has 5 heteroatoms. The van der Waals surface area contributed by atoms with Gasteiger partial charge in [0.1, 0.15) is 0 Å². The number of aryl methyl sites for hydroxylation is 2. The summed E-state index contributed by atoms with van der Waals surface area (Å²) in [5.41, 5.74) is 5.35. The van der Waals surface area contributed by atoms with Gasteiger partial charge in [0.05, 0.1) is 12.2 Å². The van der Waals surface area contributed by atoms with Gasteiger partial charge in [-0.15, -0.1) is 0 Å². The third-order valence-electron chi connectivity index (χ3n) is 5.26. The molecule has 26 heavy (non-hydrogen) atoms. The minimum Gasteiger partial charge on any atom is -0.369 e. The highest BCUT2D eigenvalue weighted by Gasteiger charge is 2.24. The van der Waals surface area contributed by atoms with Gasteiger partial charge in [-0.1, -0.05) is 18.2 Å². The molecular formula is C21H27N3O2. The number of hydrogen-bond donors (Lipinski definition) is 1. The molecule has 0 radical (unpaired) electrons. The second-order valence-corrected chi connectivity index (χ2v) is 7.15. The minimum absolute atomic E-state index is 0.00199. The van der Waals surface area contributed by atoms with Crippen LogP contribution in [0.1, 0.15) is 44.6 Å². The second-order valence-electron chi connectivity index (χ2n) is 7.15. The number of carbonyl (C=O) groups excluding carboxylic acids is 2. The second kappa shape index (κ2) is 7.46. The number of carbonyl (C=O) groups is 2. The highest BCUT2D eigenvalue weighted by atomic mass is 16.1. The quantitative estimate of drug-likeness (QED) is 0.839. The van der Waals surface area contributed by atoms with Gasteiger partial charge in [-0.25, -0.2) is 0 Å². The van der Waals surface area contributed by atoms with Crippen molar-refractivity contribution in [3.63, 3.8) is 0 Å². The molecule has 2 heterocycles. The van der Waals surface area contributed by atoms with Crippen LogP contribution in [-0.4, -0.2) is 54.2 Å². The van der Waals surface area contributed by atoms with E-state index in [4.69, 9.17) is 0 Å². The molecule has 1 N–H and O–H groups in total. The van der Waals surface area contributed by atoms with E-state index < -0.39 is 0 Å². The Labute approximate surface area is 155 Å². The largest absolute Gasteiger partial charge is 0.369 e. The van der Waals surface area contributed by atoms with E-state index in [9.17, 15) is 9.59 Å². The molecule has 0 spiro atoms. The van der Waals surface area contributed by atoms with E-state index in [1.807, 2.05) is 13.8 Å². The van der Waals surface area contributed by atoms with Crippen LogP contribution < -0.4 is 4.90 Å². The monoisotopic (exact) mass is 353 g/mol. The van der Waals surface area contributed by atoms with Crippen LogP contribution in [0.5, 0.6) is 0 Å². The number of aromatic amines is 1. The summed E-state index contributed by atoms with van der Waals surface area (Å²) in [7, 11) is 0. The lowest BCUT2D eigenvalue weighted by atomic mass is 10.1. The smallest absolute Gasteiger partial charge is 0.193 e. The van der Waals surface area contributed by atoms with Crippen LogP contribution in [0.3, 0.4) is 0 Å². The summed E-state index contributed by atoms with van der Waals surface area (Å²) in [6.07, 6.45) is 0. The summed E-state index contributed by atoms with van der Waals surface area (Å²) in [6, 6.07) is 8.42. The summed E-state index contributed by atoms with van der Waals surface area (Å²) < 4.78 is 0. The Balaban J connectivity index is 1.63. The van der Waals surface area contributed by atoms with Crippen LogP contribution in [0.2, 0.25) is 0 Å². The summed E-state index contributed by atoms with van der Waals surface area (Å²) >= 11 is 0. The van der Waals surface area contributed by atoms with E-state index in [0.29, 0.717) is 17.8 Å². The van der Waals surface area contributed by atoms with Gasteiger partial charge in [0.15, 0.2) is 11.6 Å². The molecule has 1 saturated heterocycles. The molecule has 138 valence electrons. The number of rotatable bonds is 5. The lowest BCUT2D eigenvalue weighted by Crippen LogP contribution is -2.48. The van der Waals surface area contributed by atoms with Crippen molar-refractivity contribution in [1.29, 1.82) is 0 Å². The Morgan fingerprint density at radius 1 is 1.04 bits per heavy atom. The van der Waals surface area contributed by atoms with Crippen molar-refractivity contribution in [1.82, 2.24) is 9.88 Å². The molecule has 1 fully saturated rings. The van der Waals surface area contributed by atoms with Crippen LogP contribution in [0.4, 0.5) is 5.69 Å². The molecule has 1 aliphatic rings. The number of aromatic nitrogens is 1. The number of Topliss-reactive ketones (excluding diaryl/α,β-unsaturated/α-hetero) is 2. The molecule has 0 saturated carbocycles. The van der Waals surface area contributed by atoms with Crippen LogP contribution in [0, 0.1) is 20.8 Å². The molecule has 1 aliphatic heterocycles. The first-order chi connectivity index (χ1) is 12.4. The summed E-state index contributed by atoms with van der Waals surface area (Å²) in [5.74, 6) is 0.0598. The number of H-pyrrole nitrogens is 1. The topological polar surface area (TPSA) is 56.4 Å². The predicted octanol–water partition coefficient (Wildman–Crippen LogP) is 3.15. The Bertz CT molecular complexity index is 830. The zero-order valence-electron chi connectivity index (χ0n) is 16.1. The Morgan fingerprint density at radius 3 is 2.27 bits per heavy atom. The minimum atomic E-state index is 0.00199. The van der Waals surface area contributed by atoms with Crippen LogP contribution in [-0.2, 0) is 0 Å². The molecule has 0 unspecified atom stereocenters. The van der Waals surface area contributed by atoms with Crippen LogP contribution in [0.15, 0.2) is 24.3 Å². The molecule has 1 aromatic heterocycles. The lowest BCUT2D eigenvalue weighted by molar-refractivity contribution is 0.0921. The third kappa shape index (κ3) is 3.58. The lowest BCUT2D eigenvalue weighted by Gasteiger charge is -2.36. The van der Waals surface area contributed by atoms with Gasteiger partial charge in [-0.05, 0) is 44.9 Å². The van der Waals surface area contributed by atoms with E-state index in [2.05, 4.69) is 46.0 Å². The standard InChI is InChI=1S/C21H27N3O2/c1-14-7-5-6-8-18(14)24-11-9-23(10-12-24)13-19(26)21-15(2)20(17(4)25)16(3)22-21/h5-8,22H,9-13H2,1-4H3. The van der Waals surface area contributed by atoms with Gasteiger partial charge in [0.2, 0.25) is 0 Å². The van der Waals surface area contributed by atoms with E-state index >= 15 is 0 Å². The number of benzene rings is 1. The summed E-state index contributed by atoms with van der Waals surface area (Å²) in [6.45, 7) is 11.3. The third-order valence-corrected chi connectivity index (χ3v) is 5.26. The normalized spacial score (nSPS) is 15.3. The summed E-state index contributed by atoms with van der Waals surface area (Å²) in [4.78, 5) is 32.2. The van der Waals surface area contributed by atoms with Gasteiger partial charge in [-0.3, -0.25) is 14.5 Å². The number of hydrogen-bond acceptors (Lipinski definition) is 4. The van der Waals surface area contributed by atoms with Gasteiger partial charge >= 0.3 is 0 Å². The van der Waals surface area contributed by atoms with Crippen molar-refractivity contribution in [2.45, 2.75) is 27.7 Å². The Hall–Kier alpha value is -2.40. The number of nitrogens with one attached hydrogen (secondary N) is 1. The van der Waals surface area contributed by atoms with Crippen molar-refractivity contribution in [3.05, 3.63) is 52.3 Å². The van der Waals surface area contributed by atoms with Crippen molar-refractivity contribution >= 4 is 17.3 Å². The molecule has 1 aromatic carbocycles. The van der Waals surface area contributed by atoms with Crippen molar-refractivity contribution < 1.29 is 9.59 Å². The van der Waals surface area contributed by atoms with Gasteiger partial charge < -0.3 is 9.88 Å². The van der Waals surface area contributed by atoms with E-state index in [0.717, 1.165) is 37.4 Å². The molecule has 0 bridgehead atoms. The molecule has 5 nitrogen and oxygen atoms in total. The average Bonchev–Trinajstić information content (AvgIpc) is 2.91. The first kappa shape index (κ1) is 18.4. The highest BCUT2D eigenvalue weighted by molar-refractivity contribution is 6.03.